The summed E-state index contributed by atoms with van der Waals surface area (Å²) in [5.74, 6) is -1.55. The van der Waals surface area contributed by atoms with E-state index in [9.17, 15) is 9.59 Å². The molecule has 3 nitrogen and oxygen atoms in total. The predicted molar refractivity (Wildman–Crippen MR) is 61.9 cm³/mol. The second-order valence-corrected chi connectivity index (χ2v) is 5.21. The Bertz CT molecular complexity index is 492. The van der Waals surface area contributed by atoms with Crippen LogP contribution >= 0.6 is 23.2 Å². The topological polar surface area (TPSA) is 43.4 Å². The van der Waals surface area contributed by atoms with Gasteiger partial charge < -0.3 is 4.74 Å². The molecule has 1 aromatic rings. The summed E-state index contributed by atoms with van der Waals surface area (Å²) in [5, 5.41) is 0.947. The lowest BCUT2D eigenvalue weighted by Crippen LogP contribution is -2.27. The second-order valence-electron chi connectivity index (χ2n) is 4.40. The summed E-state index contributed by atoms with van der Waals surface area (Å²) >= 11 is 11.9. The van der Waals surface area contributed by atoms with E-state index in [1.165, 1.54) is 0 Å². The fourth-order valence-corrected chi connectivity index (χ4v) is 2.89. The number of fused-ring (bicyclic) bond motifs is 2. The van der Waals surface area contributed by atoms with Gasteiger partial charge in [0.1, 0.15) is 0 Å². The van der Waals surface area contributed by atoms with E-state index in [2.05, 4.69) is 4.74 Å². The minimum absolute atomic E-state index is 0.354. The number of cyclic esters (lactones) is 2. The average molecular weight is 271 g/mol. The van der Waals surface area contributed by atoms with Crippen LogP contribution in [0.3, 0.4) is 0 Å². The zero-order valence-corrected chi connectivity index (χ0v) is 10.2. The van der Waals surface area contributed by atoms with E-state index in [1.54, 1.807) is 12.1 Å². The molecule has 1 heterocycles. The van der Waals surface area contributed by atoms with Crippen molar-refractivity contribution in [2.24, 2.45) is 11.8 Å². The smallest absolute Gasteiger partial charge is 0.317 e. The molecule has 1 aromatic carbocycles. The van der Waals surface area contributed by atoms with E-state index in [0.717, 1.165) is 11.1 Å². The second kappa shape index (κ2) is 3.72. The highest BCUT2D eigenvalue weighted by Crippen LogP contribution is 2.38. The van der Waals surface area contributed by atoms with Gasteiger partial charge in [-0.1, -0.05) is 23.2 Å². The van der Waals surface area contributed by atoms with Gasteiger partial charge in [0.05, 0.1) is 21.9 Å². The third-order valence-corrected chi connectivity index (χ3v) is 4.14. The van der Waals surface area contributed by atoms with Crippen molar-refractivity contribution in [3.8, 4) is 0 Å². The lowest BCUT2D eigenvalue weighted by Gasteiger charge is -2.23. The van der Waals surface area contributed by atoms with Crippen LogP contribution in [0.5, 0.6) is 0 Å². The van der Waals surface area contributed by atoms with Crippen LogP contribution in [0.4, 0.5) is 0 Å². The van der Waals surface area contributed by atoms with Gasteiger partial charge in [-0.2, -0.15) is 0 Å². The van der Waals surface area contributed by atoms with E-state index in [1.807, 2.05) is 0 Å². The summed E-state index contributed by atoms with van der Waals surface area (Å²) in [5.41, 5.74) is 1.96. The third-order valence-electron chi connectivity index (χ3n) is 3.41. The van der Waals surface area contributed by atoms with Gasteiger partial charge in [0.15, 0.2) is 0 Å². The first-order valence-corrected chi connectivity index (χ1v) is 6.04. The molecule has 0 radical (unpaired) electrons. The Morgan fingerprint density at radius 1 is 0.941 bits per heavy atom. The van der Waals surface area contributed by atoms with Crippen LogP contribution in [-0.4, -0.2) is 11.9 Å². The monoisotopic (exact) mass is 270 g/mol. The molecule has 17 heavy (non-hydrogen) atoms. The van der Waals surface area contributed by atoms with Gasteiger partial charge in [0.2, 0.25) is 0 Å². The Morgan fingerprint density at radius 2 is 1.35 bits per heavy atom. The molecule has 0 spiro atoms. The molecule has 1 aliphatic heterocycles. The number of halogens is 2. The lowest BCUT2D eigenvalue weighted by atomic mass is 9.77. The number of esters is 2. The molecule has 2 atom stereocenters. The van der Waals surface area contributed by atoms with Crippen LogP contribution < -0.4 is 0 Å². The van der Waals surface area contributed by atoms with Gasteiger partial charge in [-0.05, 0) is 36.1 Å². The first-order chi connectivity index (χ1) is 8.06. The SMILES string of the molecule is O=C1OC(=O)C2Cc3cc(Cl)c(Cl)cc3CC12. The van der Waals surface area contributed by atoms with Crippen LogP contribution in [0.15, 0.2) is 12.1 Å². The minimum Gasteiger partial charge on any atom is -0.393 e. The summed E-state index contributed by atoms with van der Waals surface area (Å²) < 4.78 is 4.66. The molecular weight excluding hydrogens is 263 g/mol. The molecule has 0 N–H and O–H groups in total. The quantitative estimate of drug-likeness (QED) is 0.537. The van der Waals surface area contributed by atoms with Gasteiger partial charge in [-0.25, -0.2) is 0 Å². The van der Waals surface area contributed by atoms with E-state index in [4.69, 9.17) is 23.2 Å². The van der Waals surface area contributed by atoms with E-state index in [-0.39, 0.29) is 11.8 Å². The van der Waals surface area contributed by atoms with Crippen LogP contribution in [0.25, 0.3) is 0 Å². The predicted octanol–water partition coefficient (Wildman–Crippen LogP) is 2.41. The number of hydrogen-bond acceptors (Lipinski definition) is 3. The van der Waals surface area contributed by atoms with Crippen molar-refractivity contribution < 1.29 is 14.3 Å². The van der Waals surface area contributed by atoms with E-state index in [0.29, 0.717) is 22.9 Å². The number of benzene rings is 1. The molecule has 2 aliphatic rings. The van der Waals surface area contributed by atoms with Gasteiger partial charge in [0.25, 0.3) is 0 Å². The molecule has 2 unspecified atom stereocenters. The molecule has 0 bridgehead atoms. The number of hydrogen-bond donors (Lipinski definition) is 0. The zero-order valence-electron chi connectivity index (χ0n) is 8.70. The zero-order chi connectivity index (χ0) is 12.2. The maximum absolute atomic E-state index is 11.5. The Balaban J connectivity index is 2.05. The maximum atomic E-state index is 11.5. The average Bonchev–Trinajstić information content (AvgIpc) is 2.54. The highest BCUT2D eigenvalue weighted by Gasteiger charge is 2.46. The van der Waals surface area contributed by atoms with Crippen LogP contribution in [0.1, 0.15) is 11.1 Å². The first-order valence-electron chi connectivity index (χ1n) is 5.28. The van der Waals surface area contributed by atoms with Crippen molar-refractivity contribution in [1.82, 2.24) is 0 Å². The van der Waals surface area contributed by atoms with E-state index < -0.39 is 11.9 Å². The summed E-state index contributed by atoms with van der Waals surface area (Å²) in [6.07, 6.45) is 1.00. The fourth-order valence-electron chi connectivity index (χ4n) is 2.51. The normalized spacial score (nSPS) is 26.5. The number of rotatable bonds is 0. The van der Waals surface area contributed by atoms with Crippen molar-refractivity contribution >= 4 is 35.1 Å². The van der Waals surface area contributed by atoms with Gasteiger partial charge in [-0.3, -0.25) is 9.59 Å². The van der Waals surface area contributed by atoms with Crippen molar-refractivity contribution in [3.63, 3.8) is 0 Å². The summed E-state index contributed by atoms with van der Waals surface area (Å²) in [6, 6.07) is 3.54. The molecule has 1 aliphatic carbocycles. The highest BCUT2D eigenvalue weighted by molar-refractivity contribution is 6.42. The molecule has 0 saturated carbocycles. The molecule has 1 fully saturated rings. The Labute approximate surface area is 108 Å². The first kappa shape index (κ1) is 11.1. The number of carbonyl (C=O) groups excluding carboxylic acids is 2. The molecule has 0 amide bonds. The summed E-state index contributed by atoms with van der Waals surface area (Å²) in [6.45, 7) is 0. The van der Waals surface area contributed by atoms with Gasteiger partial charge >= 0.3 is 11.9 Å². The molecular formula is C12H8Cl2O3. The fraction of sp³-hybridized carbons (Fsp3) is 0.333. The molecule has 3 rings (SSSR count). The van der Waals surface area contributed by atoms with Crippen molar-refractivity contribution in [2.45, 2.75) is 12.8 Å². The van der Waals surface area contributed by atoms with Crippen molar-refractivity contribution in [3.05, 3.63) is 33.3 Å². The van der Waals surface area contributed by atoms with E-state index >= 15 is 0 Å². The summed E-state index contributed by atoms with van der Waals surface area (Å²) in [4.78, 5) is 23.0. The van der Waals surface area contributed by atoms with Crippen LogP contribution in [0.2, 0.25) is 10.0 Å². The largest absolute Gasteiger partial charge is 0.393 e. The van der Waals surface area contributed by atoms with Gasteiger partial charge in [0, 0.05) is 0 Å². The standard InChI is InChI=1S/C12H8Cl2O3/c13-9-3-5-1-7-8(12(16)17-11(7)15)2-6(5)4-10(9)14/h3-4,7-8H,1-2H2. The molecule has 5 heteroatoms. The Morgan fingerprint density at radius 3 is 1.76 bits per heavy atom. The molecule has 0 aromatic heterocycles. The molecule has 1 saturated heterocycles. The van der Waals surface area contributed by atoms with Crippen molar-refractivity contribution in [1.29, 1.82) is 0 Å². The lowest BCUT2D eigenvalue weighted by molar-refractivity contribution is -0.153. The highest BCUT2D eigenvalue weighted by atomic mass is 35.5. The van der Waals surface area contributed by atoms with Crippen LogP contribution in [0, 0.1) is 11.8 Å². The van der Waals surface area contributed by atoms with Gasteiger partial charge in [-0.15, -0.1) is 0 Å². The molecule has 88 valence electrons. The number of carbonyl (C=O) groups is 2. The maximum Gasteiger partial charge on any atom is 0.317 e. The van der Waals surface area contributed by atoms with Crippen LogP contribution in [-0.2, 0) is 27.2 Å². The van der Waals surface area contributed by atoms with Crippen molar-refractivity contribution in [2.75, 3.05) is 0 Å². The Kier molecular flexibility index (Phi) is 2.42. The minimum atomic E-state index is -0.420. The number of ether oxygens (including phenoxy) is 1. The third kappa shape index (κ3) is 1.65. The summed E-state index contributed by atoms with van der Waals surface area (Å²) in [7, 11) is 0. The Hall–Kier alpha value is -1.06.